The molecule has 1 aliphatic carbocycles. The monoisotopic (exact) mass is 275 g/mol. The van der Waals surface area contributed by atoms with Crippen LogP contribution in [0.4, 0.5) is 0 Å². The molecule has 20 heavy (non-hydrogen) atoms. The van der Waals surface area contributed by atoms with Crippen LogP contribution in [0.15, 0.2) is 18.2 Å². The molecule has 1 saturated heterocycles. The van der Waals surface area contributed by atoms with Gasteiger partial charge in [0.2, 0.25) is 0 Å². The molecule has 1 aromatic carbocycles. The number of aliphatic hydroxyl groups is 1. The van der Waals surface area contributed by atoms with E-state index in [9.17, 15) is 5.11 Å². The van der Waals surface area contributed by atoms with Crippen LogP contribution in [0.2, 0.25) is 0 Å². The molecule has 2 atom stereocenters. The highest BCUT2D eigenvalue weighted by atomic mass is 16.5. The first-order valence-corrected chi connectivity index (χ1v) is 7.79. The number of likely N-dealkylation sites (tertiary alicyclic amines) is 1. The van der Waals surface area contributed by atoms with Crippen LogP contribution < -0.4 is 4.74 Å². The molecule has 3 heteroatoms. The fraction of sp³-hybridized carbons (Fsp3) is 0.647. The van der Waals surface area contributed by atoms with E-state index in [0.717, 1.165) is 29.8 Å². The molecule has 3 nitrogen and oxygen atoms in total. The van der Waals surface area contributed by atoms with E-state index >= 15 is 0 Å². The molecule has 0 aromatic heterocycles. The maximum atomic E-state index is 9.53. The highest BCUT2D eigenvalue weighted by molar-refractivity contribution is 5.37. The van der Waals surface area contributed by atoms with Crippen molar-refractivity contribution in [2.75, 3.05) is 6.54 Å². The van der Waals surface area contributed by atoms with Crippen LogP contribution in [0.1, 0.15) is 44.2 Å². The second kappa shape index (κ2) is 5.74. The van der Waals surface area contributed by atoms with E-state index in [0.29, 0.717) is 0 Å². The molecule has 3 rings (SSSR count). The third kappa shape index (κ3) is 2.84. The topological polar surface area (TPSA) is 32.7 Å². The summed E-state index contributed by atoms with van der Waals surface area (Å²) in [7, 11) is 0. The molecule has 0 radical (unpaired) electrons. The lowest BCUT2D eigenvalue weighted by Crippen LogP contribution is -2.31. The average molecular weight is 275 g/mol. The Balaban J connectivity index is 1.71. The molecular formula is C17H25NO2. The van der Waals surface area contributed by atoms with E-state index in [-0.39, 0.29) is 12.7 Å². The Morgan fingerprint density at radius 3 is 2.80 bits per heavy atom. The summed E-state index contributed by atoms with van der Waals surface area (Å²) < 4.78 is 5.74. The number of ether oxygens (including phenoxy) is 1. The predicted molar refractivity (Wildman–Crippen MR) is 79.7 cm³/mol. The number of hydrogen-bond acceptors (Lipinski definition) is 3. The van der Waals surface area contributed by atoms with Crippen molar-refractivity contribution in [1.82, 2.24) is 4.90 Å². The lowest BCUT2D eigenvalue weighted by molar-refractivity contribution is 0.204. The third-order valence-corrected chi connectivity index (χ3v) is 4.57. The standard InChI is InChI=1S/C17H25NO2/c1-12(2)20-17-6-4-13(7-15(17)11-19)9-18-10-14-3-5-16(18)8-14/h4,6-7,12,14,16,19H,3,5,8-11H2,1-2H3/t14-,16-/m0/s1. The van der Waals surface area contributed by atoms with E-state index in [2.05, 4.69) is 17.0 Å². The van der Waals surface area contributed by atoms with Gasteiger partial charge in [-0.25, -0.2) is 0 Å². The molecule has 1 aromatic rings. The maximum absolute atomic E-state index is 9.53. The van der Waals surface area contributed by atoms with Crippen LogP contribution in [-0.4, -0.2) is 28.7 Å². The number of rotatable bonds is 5. The van der Waals surface area contributed by atoms with Crippen LogP contribution in [-0.2, 0) is 13.2 Å². The van der Waals surface area contributed by atoms with E-state index in [1.807, 2.05) is 19.9 Å². The third-order valence-electron chi connectivity index (χ3n) is 4.57. The highest BCUT2D eigenvalue weighted by Gasteiger charge is 2.37. The van der Waals surface area contributed by atoms with Gasteiger partial charge < -0.3 is 9.84 Å². The number of benzene rings is 1. The zero-order chi connectivity index (χ0) is 14.1. The van der Waals surface area contributed by atoms with Crippen LogP contribution in [0.25, 0.3) is 0 Å². The van der Waals surface area contributed by atoms with Gasteiger partial charge in [-0.2, -0.15) is 0 Å². The summed E-state index contributed by atoms with van der Waals surface area (Å²) in [6, 6.07) is 7.05. The highest BCUT2D eigenvalue weighted by Crippen LogP contribution is 2.38. The van der Waals surface area contributed by atoms with Gasteiger partial charge >= 0.3 is 0 Å². The molecule has 0 unspecified atom stereocenters. The number of hydrogen-bond donors (Lipinski definition) is 1. The van der Waals surface area contributed by atoms with Gasteiger partial charge in [0.25, 0.3) is 0 Å². The molecule has 1 aliphatic heterocycles. The largest absolute Gasteiger partial charge is 0.491 e. The first-order chi connectivity index (χ1) is 9.65. The average Bonchev–Trinajstić information content (AvgIpc) is 3.02. The van der Waals surface area contributed by atoms with E-state index < -0.39 is 0 Å². The lowest BCUT2D eigenvalue weighted by atomic mass is 10.1. The summed E-state index contributed by atoms with van der Waals surface area (Å²) in [5.74, 6) is 1.75. The predicted octanol–water partition coefficient (Wildman–Crippen LogP) is 2.95. The first kappa shape index (κ1) is 13.9. The summed E-state index contributed by atoms with van der Waals surface area (Å²) in [4.78, 5) is 2.60. The Morgan fingerprint density at radius 2 is 2.20 bits per heavy atom. The van der Waals surface area contributed by atoms with Crippen molar-refractivity contribution in [2.45, 2.75) is 58.4 Å². The second-order valence-electron chi connectivity index (χ2n) is 6.53. The molecule has 0 amide bonds. The van der Waals surface area contributed by atoms with E-state index in [1.54, 1.807) is 0 Å². The van der Waals surface area contributed by atoms with E-state index in [1.165, 1.54) is 31.4 Å². The molecule has 2 aliphatic rings. The van der Waals surface area contributed by atoms with Gasteiger partial charge in [0.05, 0.1) is 12.7 Å². The Hall–Kier alpha value is -1.06. The van der Waals surface area contributed by atoms with Gasteiger partial charge in [-0.05, 0) is 56.7 Å². The first-order valence-electron chi connectivity index (χ1n) is 7.79. The van der Waals surface area contributed by atoms with Gasteiger partial charge in [-0.3, -0.25) is 4.90 Å². The van der Waals surface area contributed by atoms with Crippen LogP contribution in [0.5, 0.6) is 5.75 Å². The van der Waals surface area contributed by atoms with Gasteiger partial charge in [0.15, 0.2) is 0 Å². The van der Waals surface area contributed by atoms with Crippen LogP contribution >= 0.6 is 0 Å². The molecule has 0 spiro atoms. The molecule has 110 valence electrons. The minimum Gasteiger partial charge on any atom is -0.491 e. The number of piperidine rings is 1. The zero-order valence-electron chi connectivity index (χ0n) is 12.5. The van der Waals surface area contributed by atoms with Crippen LogP contribution in [0, 0.1) is 5.92 Å². The molecule has 1 N–H and O–H groups in total. The summed E-state index contributed by atoms with van der Waals surface area (Å²) in [6.07, 6.45) is 4.32. The minimum atomic E-state index is 0.0436. The zero-order valence-corrected chi connectivity index (χ0v) is 12.5. The number of nitrogens with zero attached hydrogens (tertiary/aromatic N) is 1. The lowest BCUT2D eigenvalue weighted by Gasteiger charge is -2.27. The minimum absolute atomic E-state index is 0.0436. The summed E-state index contributed by atoms with van der Waals surface area (Å²) >= 11 is 0. The fourth-order valence-corrected chi connectivity index (χ4v) is 3.68. The Kier molecular flexibility index (Phi) is 3.99. The fourth-order valence-electron chi connectivity index (χ4n) is 3.68. The molecular weight excluding hydrogens is 250 g/mol. The second-order valence-corrected chi connectivity index (χ2v) is 6.53. The van der Waals surface area contributed by atoms with Crippen molar-refractivity contribution < 1.29 is 9.84 Å². The van der Waals surface area contributed by atoms with Crippen molar-refractivity contribution in [3.8, 4) is 5.75 Å². The Labute approximate surface area is 121 Å². The van der Waals surface area contributed by atoms with Crippen molar-refractivity contribution in [2.24, 2.45) is 5.92 Å². The summed E-state index contributed by atoms with van der Waals surface area (Å²) in [6.45, 7) is 6.33. The molecule has 2 bridgehead atoms. The van der Waals surface area contributed by atoms with Crippen molar-refractivity contribution >= 4 is 0 Å². The molecule has 2 fully saturated rings. The number of aliphatic hydroxyl groups excluding tert-OH is 1. The summed E-state index contributed by atoms with van der Waals surface area (Å²) in [5, 5.41) is 9.53. The van der Waals surface area contributed by atoms with Crippen molar-refractivity contribution in [3.05, 3.63) is 29.3 Å². The van der Waals surface area contributed by atoms with Gasteiger partial charge in [-0.1, -0.05) is 6.07 Å². The van der Waals surface area contributed by atoms with Gasteiger partial charge in [-0.15, -0.1) is 0 Å². The quantitative estimate of drug-likeness (QED) is 0.897. The Morgan fingerprint density at radius 1 is 1.35 bits per heavy atom. The SMILES string of the molecule is CC(C)Oc1ccc(CN2C[C@H]3CC[C@H]2C3)cc1CO. The van der Waals surface area contributed by atoms with Crippen molar-refractivity contribution in [1.29, 1.82) is 0 Å². The Bertz CT molecular complexity index is 472. The maximum Gasteiger partial charge on any atom is 0.125 e. The number of fused-ring (bicyclic) bond motifs is 2. The molecule has 1 heterocycles. The normalized spacial score (nSPS) is 25.6. The molecule has 1 saturated carbocycles. The van der Waals surface area contributed by atoms with E-state index in [4.69, 9.17) is 4.74 Å². The summed E-state index contributed by atoms with van der Waals surface area (Å²) in [5.41, 5.74) is 2.19. The van der Waals surface area contributed by atoms with Gasteiger partial charge in [0.1, 0.15) is 5.75 Å². The smallest absolute Gasteiger partial charge is 0.125 e. The van der Waals surface area contributed by atoms with Crippen molar-refractivity contribution in [3.63, 3.8) is 0 Å². The van der Waals surface area contributed by atoms with Gasteiger partial charge in [0, 0.05) is 24.7 Å². The van der Waals surface area contributed by atoms with Crippen LogP contribution in [0.3, 0.4) is 0 Å².